The molecule has 1 aliphatic carbocycles. The summed E-state index contributed by atoms with van der Waals surface area (Å²) in [6.45, 7) is 1.31. The Morgan fingerprint density at radius 3 is 2.72 bits per heavy atom. The molecule has 25 heavy (non-hydrogen) atoms. The van der Waals surface area contributed by atoms with E-state index in [0.29, 0.717) is 37.6 Å². The van der Waals surface area contributed by atoms with Gasteiger partial charge in [0, 0.05) is 43.7 Å². The van der Waals surface area contributed by atoms with Crippen molar-refractivity contribution >= 4 is 17.5 Å². The van der Waals surface area contributed by atoms with Gasteiger partial charge in [0.15, 0.2) is 0 Å². The molecule has 0 bridgehead atoms. The number of rotatable bonds is 5. The van der Waals surface area contributed by atoms with Gasteiger partial charge in [-0.2, -0.15) is 13.2 Å². The van der Waals surface area contributed by atoms with Crippen LogP contribution >= 0.6 is 11.6 Å². The van der Waals surface area contributed by atoms with Gasteiger partial charge in [0.25, 0.3) is 0 Å². The number of carbonyl (C=O) groups excluding carboxylic acids is 1. The molecular weight excluding hydrogens is 355 g/mol. The zero-order valence-electron chi connectivity index (χ0n) is 13.7. The number of nitrogens with one attached hydrogen (secondary N) is 2. The van der Waals surface area contributed by atoms with Crippen LogP contribution in [0.1, 0.15) is 17.9 Å². The Kier molecular flexibility index (Phi) is 5.55. The molecule has 1 saturated carbocycles. The molecule has 3 atom stereocenters. The lowest BCUT2D eigenvalue weighted by Gasteiger charge is -2.35. The van der Waals surface area contributed by atoms with E-state index in [4.69, 9.17) is 11.6 Å². The summed E-state index contributed by atoms with van der Waals surface area (Å²) in [5.74, 6) is -0.535. The molecular formula is C17H21ClF3N3O. The highest BCUT2D eigenvalue weighted by molar-refractivity contribution is 6.30. The monoisotopic (exact) mass is 375 g/mol. The third kappa shape index (κ3) is 4.65. The summed E-state index contributed by atoms with van der Waals surface area (Å²) in [7, 11) is 0. The fraction of sp³-hybridized carbons (Fsp3) is 0.588. The predicted molar refractivity (Wildman–Crippen MR) is 89.6 cm³/mol. The fourth-order valence-electron chi connectivity index (χ4n) is 3.36. The molecule has 2 N–H and O–H groups in total. The van der Waals surface area contributed by atoms with Crippen LogP contribution in [0.15, 0.2) is 24.3 Å². The van der Waals surface area contributed by atoms with Crippen LogP contribution in [0.3, 0.4) is 0 Å². The van der Waals surface area contributed by atoms with Crippen LogP contribution in [0.5, 0.6) is 0 Å². The quantitative estimate of drug-likeness (QED) is 0.830. The van der Waals surface area contributed by atoms with Crippen LogP contribution in [0, 0.1) is 5.92 Å². The second-order valence-electron chi connectivity index (χ2n) is 6.59. The summed E-state index contributed by atoms with van der Waals surface area (Å²) < 4.78 is 40.0. The lowest BCUT2D eigenvalue weighted by Crippen LogP contribution is -2.57. The van der Waals surface area contributed by atoms with Crippen molar-refractivity contribution in [2.75, 3.05) is 32.7 Å². The van der Waals surface area contributed by atoms with Gasteiger partial charge in [0.1, 0.15) is 6.04 Å². The molecule has 3 unspecified atom stereocenters. The van der Waals surface area contributed by atoms with Gasteiger partial charge in [-0.3, -0.25) is 9.69 Å². The molecule has 1 amide bonds. The van der Waals surface area contributed by atoms with Crippen molar-refractivity contribution in [3.63, 3.8) is 0 Å². The smallest absolute Gasteiger partial charge is 0.354 e. The Balaban J connectivity index is 1.55. The maximum Gasteiger partial charge on any atom is 0.405 e. The number of benzene rings is 1. The van der Waals surface area contributed by atoms with Gasteiger partial charge in [-0.1, -0.05) is 23.7 Å². The van der Waals surface area contributed by atoms with E-state index in [1.165, 1.54) is 4.90 Å². The maximum absolute atomic E-state index is 13.3. The van der Waals surface area contributed by atoms with E-state index in [9.17, 15) is 18.0 Å². The van der Waals surface area contributed by atoms with Gasteiger partial charge in [0.2, 0.25) is 5.91 Å². The molecule has 8 heteroatoms. The van der Waals surface area contributed by atoms with E-state index in [1.54, 1.807) is 12.1 Å². The molecule has 1 aliphatic heterocycles. The standard InChI is InChI=1S/C17H21ClF3N3O/c18-12-3-1-2-11(8-12)13-9-14(13)16(25)23-10-15(17(19,20)21)24-6-4-22-5-7-24/h1-3,8,13-15,22H,4-7,9-10H2,(H,23,25). The molecule has 1 aromatic carbocycles. The summed E-state index contributed by atoms with van der Waals surface area (Å²) in [5, 5.41) is 6.14. The molecule has 4 nitrogen and oxygen atoms in total. The highest BCUT2D eigenvalue weighted by Crippen LogP contribution is 2.48. The fourth-order valence-corrected chi connectivity index (χ4v) is 3.56. The Morgan fingerprint density at radius 1 is 1.36 bits per heavy atom. The summed E-state index contributed by atoms with van der Waals surface area (Å²) in [5.41, 5.74) is 0.960. The number of hydrogen-bond donors (Lipinski definition) is 2. The Hall–Kier alpha value is -1.31. The molecule has 138 valence electrons. The van der Waals surface area contributed by atoms with Crippen LogP contribution in [-0.4, -0.2) is 55.7 Å². The molecule has 0 spiro atoms. The van der Waals surface area contributed by atoms with Crippen LogP contribution in [0.2, 0.25) is 5.02 Å². The maximum atomic E-state index is 13.3. The number of halogens is 4. The number of carbonyl (C=O) groups is 1. The van der Waals surface area contributed by atoms with E-state index in [0.717, 1.165) is 5.56 Å². The number of nitrogens with zero attached hydrogens (tertiary/aromatic N) is 1. The van der Waals surface area contributed by atoms with E-state index < -0.39 is 18.8 Å². The minimum atomic E-state index is -4.36. The highest BCUT2D eigenvalue weighted by atomic mass is 35.5. The second kappa shape index (κ2) is 7.51. The van der Waals surface area contributed by atoms with Crippen molar-refractivity contribution in [3.8, 4) is 0 Å². The molecule has 2 fully saturated rings. The zero-order chi connectivity index (χ0) is 18.0. The lowest BCUT2D eigenvalue weighted by atomic mass is 10.1. The molecule has 1 heterocycles. The molecule has 1 aromatic rings. The molecule has 0 aromatic heterocycles. The van der Waals surface area contributed by atoms with E-state index in [-0.39, 0.29) is 17.7 Å². The first-order chi connectivity index (χ1) is 11.9. The van der Waals surface area contributed by atoms with Crippen molar-refractivity contribution in [1.29, 1.82) is 0 Å². The van der Waals surface area contributed by atoms with Crippen LogP contribution < -0.4 is 10.6 Å². The Labute approximate surface area is 149 Å². The van der Waals surface area contributed by atoms with Crippen molar-refractivity contribution in [1.82, 2.24) is 15.5 Å². The first kappa shape index (κ1) is 18.5. The normalized spacial score (nSPS) is 25.4. The van der Waals surface area contributed by atoms with E-state index >= 15 is 0 Å². The Morgan fingerprint density at radius 2 is 2.08 bits per heavy atom. The third-order valence-electron chi connectivity index (χ3n) is 4.84. The molecule has 0 radical (unpaired) electrons. The Bertz CT molecular complexity index is 619. The molecule has 2 aliphatic rings. The van der Waals surface area contributed by atoms with Crippen molar-refractivity contribution < 1.29 is 18.0 Å². The van der Waals surface area contributed by atoms with E-state index in [1.807, 2.05) is 12.1 Å². The SMILES string of the molecule is O=C(NCC(N1CCNCC1)C(F)(F)F)C1CC1c1cccc(Cl)c1. The highest BCUT2D eigenvalue weighted by Gasteiger charge is 2.47. The summed E-state index contributed by atoms with van der Waals surface area (Å²) >= 11 is 5.95. The van der Waals surface area contributed by atoms with Gasteiger partial charge in [0.05, 0.1) is 0 Å². The van der Waals surface area contributed by atoms with Gasteiger partial charge < -0.3 is 10.6 Å². The first-order valence-electron chi connectivity index (χ1n) is 8.41. The van der Waals surface area contributed by atoms with Gasteiger partial charge in [-0.05, 0) is 30.0 Å². The summed E-state index contributed by atoms with van der Waals surface area (Å²) in [6.07, 6.45) is -3.71. The van der Waals surface area contributed by atoms with Crippen molar-refractivity contribution in [2.24, 2.45) is 5.92 Å². The largest absolute Gasteiger partial charge is 0.405 e. The minimum absolute atomic E-state index is 0.0437. The predicted octanol–water partition coefficient (Wildman–Crippen LogP) is 2.40. The summed E-state index contributed by atoms with van der Waals surface area (Å²) in [6, 6.07) is 5.63. The minimum Gasteiger partial charge on any atom is -0.354 e. The molecule has 1 saturated heterocycles. The average Bonchev–Trinajstić information content (AvgIpc) is 3.35. The number of piperazine rings is 1. The zero-order valence-corrected chi connectivity index (χ0v) is 14.4. The summed E-state index contributed by atoms with van der Waals surface area (Å²) in [4.78, 5) is 13.6. The van der Waals surface area contributed by atoms with Crippen molar-refractivity contribution in [3.05, 3.63) is 34.9 Å². The second-order valence-corrected chi connectivity index (χ2v) is 7.03. The van der Waals surface area contributed by atoms with E-state index in [2.05, 4.69) is 10.6 Å². The van der Waals surface area contributed by atoms with Gasteiger partial charge in [-0.15, -0.1) is 0 Å². The topological polar surface area (TPSA) is 44.4 Å². The molecule has 3 rings (SSSR count). The van der Waals surface area contributed by atoms with Crippen LogP contribution in [0.25, 0.3) is 0 Å². The first-order valence-corrected chi connectivity index (χ1v) is 8.78. The number of alkyl halides is 3. The number of hydrogen-bond acceptors (Lipinski definition) is 3. The lowest BCUT2D eigenvalue weighted by molar-refractivity contribution is -0.184. The number of amides is 1. The van der Waals surface area contributed by atoms with Gasteiger partial charge in [-0.25, -0.2) is 0 Å². The van der Waals surface area contributed by atoms with Crippen LogP contribution in [0.4, 0.5) is 13.2 Å². The third-order valence-corrected chi connectivity index (χ3v) is 5.08. The average molecular weight is 376 g/mol. The van der Waals surface area contributed by atoms with Crippen molar-refractivity contribution in [2.45, 2.75) is 24.6 Å². The van der Waals surface area contributed by atoms with Gasteiger partial charge >= 0.3 is 6.18 Å². The van der Waals surface area contributed by atoms with Crippen LogP contribution in [-0.2, 0) is 4.79 Å².